The average Bonchev–Trinajstić information content (AvgIpc) is 2.74. The number of aryl methyl sites for hydroxylation is 1. The third kappa shape index (κ3) is 3.26. The Balaban J connectivity index is 2.71. The summed E-state index contributed by atoms with van der Waals surface area (Å²) in [5.41, 5.74) is 5.24. The summed E-state index contributed by atoms with van der Waals surface area (Å²) in [5.74, 6) is -0.469. The van der Waals surface area contributed by atoms with E-state index in [1.54, 1.807) is 17.9 Å². The van der Waals surface area contributed by atoms with Crippen LogP contribution in [0.15, 0.2) is 12.4 Å². The van der Waals surface area contributed by atoms with E-state index in [4.69, 9.17) is 15.9 Å². The van der Waals surface area contributed by atoms with Crippen LogP contribution in [0.4, 0.5) is 0 Å². The van der Waals surface area contributed by atoms with Crippen LogP contribution in [0.25, 0.3) is 0 Å². The molecule has 1 unspecified atom stereocenters. The monoisotopic (exact) mass is 242 g/mol. The number of amides is 1. The number of hydrogen-bond donors (Lipinski definition) is 4. The maximum atomic E-state index is 11.8. The molecular formula is C10H18N4O3. The molecule has 0 aromatic carbocycles. The van der Waals surface area contributed by atoms with Gasteiger partial charge in [0.1, 0.15) is 6.04 Å². The number of aromatic nitrogens is 2. The van der Waals surface area contributed by atoms with E-state index < -0.39 is 17.5 Å². The molecule has 1 aromatic rings. The van der Waals surface area contributed by atoms with E-state index in [0.29, 0.717) is 5.56 Å². The number of nitrogens with two attached hydrogens (primary N) is 1. The first-order valence-electron chi connectivity index (χ1n) is 5.20. The molecular weight excluding hydrogens is 224 g/mol. The van der Waals surface area contributed by atoms with Gasteiger partial charge in [-0.1, -0.05) is 0 Å². The number of rotatable bonds is 5. The molecule has 0 fully saturated rings. The third-order valence-electron chi connectivity index (χ3n) is 2.49. The third-order valence-corrected chi connectivity index (χ3v) is 2.49. The highest BCUT2D eigenvalue weighted by atomic mass is 16.3. The maximum absolute atomic E-state index is 11.8. The van der Waals surface area contributed by atoms with E-state index in [9.17, 15) is 4.79 Å². The lowest BCUT2D eigenvalue weighted by atomic mass is 10.0. The number of aliphatic hydroxyl groups excluding tert-OH is 2. The molecule has 1 heterocycles. The molecule has 0 saturated heterocycles. The number of nitrogens with zero attached hydrogens (tertiary/aromatic N) is 2. The number of aliphatic hydroxyl groups is 2. The second-order valence-electron chi connectivity index (χ2n) is 4.29. The van der Waals surface area contributed by atoms with Crippen molar-refractivity contribution >= 4 is 5.91 Å². The highest BCUT2D eigenvalue weighted by Gasteiger charge is 2.28. The van der Waals surface area contributed by atoms with Gasteiger partial charge in [0.25, 0.3) is 0 Å². The summed E-state index contributed by atoms with van der Waals surface area (Å²) in [6, 6.07) is -0.874. The number of carbonyl (C=O) groups excluding carboxylic acids is 1. The lowest BCUT2D eigenvalue weighted by molar-refractivity contribution is -0.125. The zero-order chi connectivity index (χ0) is 13.1. The second kappa shape index (κ2) is 5.26. The van der Waals surface area contributed by atoms with Crippen LogP contribution in [0.3, 0.4) is 0 Å². The Labute approximate surface area is 99.2 Å². The molecule has 0 aliphatic heterocycles. The van der Waals surface area contributed by atoms with Gasteiger partial charge in [-0.25, -0.2) is 0 Å². The van der Waals surface area contributed by atoms with E-state index >= 15 is 0 Å². The standard InChI is InChI=1S/C10H18N4O3/c1-10(5-15,6-16)13-9(17)8(11)7-3-12-14(2)4-7/h3-4,8,15-16H,5-6,11H2,1-2H3,(H,13,17). The fourth-order valence-corrected chi connectivity index (χ4v) is 1.26. The summed E-state index contributed by atoms with van der Waals surface area (Å²) in [6.45, 7) is 0.796. The Morgan fingerprint density at radius 2 is 2.24 bits per heavy atom. The fourth-order valence-electron chi connectivity index (χ4n) is 1.26. The lowest BCUT2D eigenvalue weighted by Crippen LogP contribution is -2.54. The van der Waals surface area contributed by atoms with Gasteiger partial charge in [0.05, 0.1) is 24.9 Å². The van der Waals surface area contributed by atoms with Gasteiger partial charge in [-0.2, -0.15) is 5.10 Å². The molecule has 1 rings (SSSR count). The van der Waals surface area contributed by atoms with Gasteiger partial charge in [-0.3, -0.25) is 9.48 Å². The van der Waals surface area contributed by atoms with Crippen molar-refractivity contribution in [2.45, 2.75) is 18.5 Å². The summed E-state index contributed by atoms with van der Waals surface area (Å²) in [5, 5.41) is 24.5. The predicted molar refractivity (Wildman–Crippen MR) is 60.9 cm³/mol. The van der Waals surface area contributed by atoms with Gasteiger partial charge < -0.3 is 21.3 Å². The van der Waals surface area contributed by atoms with E-state index in [1.807, 2.05) is 0 Å². The molecule has 0 aliphatic rings. The summed E-state index contributed by atoms with van der Waals surface area (Å²) >= 11 is 0. The highest BCUT2D eigenvalue weighted by Crippen LogP contribution is 2.10. The summed E-state index contributed by atoms with van der Waals surface area (Å²) in [7, 11) is 1.72. The van der Waals surface area contributed by atoms with Crippen molar-refractivity contribution in [3.05, 3.63) is 18.0 Å². The fraction of sp³-hybridized carbons (Fsp3) is 0.600. The Bertz CT molecular complexity index is 387. The minimum Gasteiger partial charge on any atom is -0.394 e. The van der Waals surface area contributed by atoms with E-state index in [1.165, 1.54) is 13.1 Å². The zero-order valence-electron chi connectivity index (χ0n) is 9.92. The summed E-state index contributed by atoms with van der Waals surface area (Å²) < 4.78 is 1.54. The van der Waals surface area contributed by atoms with E-state index in [-0.39, 0.29) is 13.2 Å². The summed E-state index contributed by atoms with van der Waals surface area (Å²) in [4.78, 5) is 11.8. The van der Waals surface area contributed by atoms with Crippen molar-refractivity contribution in [3.8, 4) is 0 Å². The van der Waals surface area contributed by atoms with Gasteiger partial charge in [-0.05, 0) is 6.92 Å². The molecule has 0 aliphatic carbocycles. The van der Waals surface area contributed by atoms with Crippen LogP contribution in [-0.2, 0) is 11.8 Å². The molecule has 0 spiro atoms. The van der Waals surface area contributed by atoms with Gasteiger partial charge in [0.15, 0.2) is 0 Å². The van der Waals surface area contributed by atoms with Crippen LogP contribution in [0.1, 0.15) is 18.5 Å². The highest BCUT2D eigenvalue weighted by molar-refractivity contribution is 5.83. The first-order chi connectivity index (χ1) is 7.91. The topological polar surface area (TPSA) is 113 Å². The molecule has 0 radical (unpaired) electrons. The van der Waals surface area contributed by atoms with Crippen LogP contribution >= 0.6 is 0 Å². The minimum absolute atomic E-state index is 0.366. The number of hydrogen-bond acceptors (Lipinski definition) is 5. The number of carbonyl (C=O) groups is 1. The maximum Gasteiger partial charge on any atom is 0.242 e. The Morgan fingerprint density at radius 3 is 2.65 bits per heavy atom. The van der Waals surface area contributed by atoms with Crippen molar-refractivity contribution in [1.82, 2.24) is 15.1 Å². The largest absolute Gasteiger partial charge is 0.394 e. The molecule has 1 aromatic heterocycles. The Kier molecular flexibility index (Phi) is 4.22. The van der Waals surface area contributed by atoms with Crippen molar-refractivity contribution in [3.63, 3.8) is 0 Å². The van der Waals surface area contributed by atoms with Gasteiger partial charge >= 0.3 is 0 Å². The molecule has 0 saturated carbocycles. The number of nitrogens with one attached hydrogen (secondary N) is 1. The van der Waals surface area contributed by atoms with Crippen molar-refractivity contribution < 1.29 is 15.0 Å². The molecule has 17 heavy (non-hydrogen) atoms. The van der Waals surface area contributed by atoms with Crippen LogP contribution in [0.2, 0.25) is 0 Å². The van der Waals surface area contributed by atoms with Gasteiger partial charge in [0, 0.05) is 18.8 Å². The minimum atomic E-state index is -1.07. The van der Waals surface area contributed by atoms with Crippen LogP contribution in [0.5, 0.6) is 0 Å². The zero-order valence-corrected chi connectivity index (χ0v) is 9.92. The summed E-state index contributed by atoms with van der Waals surface area (Å²) in [6.07, 6.45) is 3.14. The molecule has 1 atom stereocenters. The SMILES string of the molecule is Cn1cc(C(N)C(=O)NC(C)(CO)CO)cn1. The molecule has 7 nitrogen and oxygen atoms in total. The van der Waals surface area contributed by atoms with Crippen molar-refractivity contribution in [2.75, 3.05) is 13.2 Å². The molecule has 1 amide bonds. The predicted octanol–water partition coefficient (Wildman–Crippen LogP) is -1.72. The van der Waals surface area contributed by atoms with Gasteiger partial charge in [-0.15, -0.1) is 0 Å². The quantitative estimate of drug-likeness (QED) is 0.490. The van der Waals surface area contributed by atoms with E-state index in [0.717, 1.165) is 0 Å². The molecule has 7 heteroatoms. The smallest absolute Gasteiger partial charge is 0.242 e. The van der Waals surface area contributed by atoms with Crippen LogP contribution < -0.4 is 11.1 Å². The molecule has 5 N–H and O–H groups in total. The van der Waals surface area contributed by atoms with Crippen LogP contribution in [0, 0.1) is 0 Å². The Morgan fingerprint density at radius 1 is 1.65 bits per heavy atom. The first kappa shape index (κ1) is 13.6. The normalized spacial score (nSPS) is 13.5. The van der Waals surface area contributed by atoms with Crippen molar-refractivity contribution in [1.29, 1.82) is 0 Å². The van der Waals surface area contributed by atoms with Crippen molar-refractivity contribution in [2.24, 2.45) is 12.8 Å². The second-order valence-corrected chi connectivity index (χ2v) is 4.29. The molecule has 0 bridgehead atoms. The molecule has 96 valence electrons. The average molecular weight is 242 g/mol. The first-order valence-corrected chi connectivity index (χ1v) is 5.20. The van der Waals surface area contributed by atoms with E-state index in [2.05, 4.69) is 10.4 Å². The Hall–Kier alpha value is -1.44. The van der Waals surface area contributed by atoms with Gasteiger partial charge in [0.2, 0.25) is 5.91 Å². The lowest BCUT2D eigenvalue weighted by Gasteiger charge is -2.27. The van der Waals surface area contributed by atoms with Crippen LogP contribution in [-0.4, -0.2) is 44.7 Å².